The van der Waals surface area contributed by atoms with E-state index in [1.807, 2.05) is 21.1 Å². The molecule has 3 unspecified atom stereocenters. The largest absolute Gasteiger partial charge is 0.756 e. The first kappa shape index (κ1) is 70.9. The predicted octanol–water partition coefficient (Wildman–Crippen LogP) is 18.4. The molecule has 0 fully saturated rings. The number of hydrogen-bond acceptors (Lipinski definition) is 6. The van der Waals surface area contributed by atoms with Gasteiger partial charge in [0, 0.05) is 6.42 Å². The highest BCUT2D eigenvalue weighted by molar-refractivity contribution is 7.45. The van der Waals surface area contributed by atoms with Gasteiger partial charge in [0.2, 0.25) is 5.91 Å². The molecule has 73 heavy (non-hydrogen) atoms. The highest BCUT2D eigenvalue weighted by Gasteiger charge is 2.24. The van der Waals surface area contributed by atoms with Gasteiger partial charge in [-0.15, -0.1) is 0 Å². The number of quaternary nitrogens is 1. The van der Waals surface area contributed by atoms with Crippen molar-refractivity contribution in [2.24, 2.45) is 0 Å². The van der Waals surface area contributed by atoms with Gasteiger partial charge < -0.3 is 28.8 Å². The number of aliphatic hydroxyl groups excluding tert-OH is 1. The molecule has 2 N–H and O–H groups in total. The highest BCUT2D eigenvalue weighted by Crippen LogP contribution is 2.38. The molecule has 426 valence electrons. The van der Waals surface area contributed by atoms with Gasteiger partial charge in [0.05, 0.1) is 39.9 Å². The Labute approximate surface area is 453 Å². The van der Waals surface area contributed by atoms with Crippen LogP contribution in [0, 0.1) is 0 Å². The minimum atomic E-state index is -4.57. The van der Waals surface area contributed by atoms with Crippen LogP contribution in [0.3, 0.4) is 0 Å². The van der Waals surface area contributed by atoms with Crippen molar-refractivity contribution in [3.05, 3.63) is 72.9 Å². The van der Waals surface area contributed by atoms with E-state index in [9.17, 15) is 19.4 Å². The lowest BCUT2D eigenvalue weighted by Gasteiger charge is -2.30. The molecule has 0 spiro atoms. The monoisotopic (exact) mass is 1040 g/mol. The Morgan fingerprint density at radius 3 is 1.22 bits per heavy atom. The van der Waals surface area contributed by atoms with E-state index >= 15 is 0 Å². The van der Waals surface area contributed by atoms with E-state index in [1.165, 1.54) is 173 Å². The molecule has 8 nitrogen and oxygen atoms in total. The Hall–Kier alpha value is -2.06. The van der Waals surface area contributed by atoms with Crippen LogP contribution in [-0.2, 0) is 18.4 Å². The first-order valence-electron chi connectivity index (χ1n) is 30.8. The fourth-order valence-electron chi connectivity index (χ4n) is 8.93. The van der Waals surface area contributed by atoms with Gasteiger partial charge in [-0.25, -0.2) is 0 Å². The van der Waals surface area contributed by atoms with Crippen molar-refractivity contribution in [2.45, 2.75) is 289 Å². The maximum atomic E-state index is 12.9. The van der Waals surface area contributed by atoms with Crippen molar-refractivity contribution in [1.82, 2.24) is 5.32 Å². The summed E-state index contributed by atoms with van der Waals surface area (Å²) in [6.07, 6.45) is 75.5. The zero-order valence-corrected chi connectivity index (χ0v) is 49.5. The van der Waals surface area contributed by atoms with E-state index in [2.05, 4.69) is 92.1 Å². The van der Waals surface area contributed by atoms with Gasteiger partial charge in [-0.05, 0) is 64.2 Å². The van der Waals surface area contributed by atoms with E-state index in [0.717, 1.165) is 77.0 Å². The number of phosphoric ester groups is 1. The highest BCUT2D eigenvalue weighted by atomic mass is 31.2. The fourth-order valence-corrected chi connectivity index (χ4v) is 9.65. The third-order valence-electron chi connectivity index (χ3n) is 13.7. The number of carbonyl (C=O) groups is 1. The number of rotatable bonds is 56. The Balaban J connectivity index is 3.82. The van der Waals surface area contributed by atoms with Crippen LogP contribution >= 0.6 is 7.82 Å². The van der Waals surface area contributed by atoms with Crippen molar-refractivity contribution >= 4 is 13.7 Å². The van der Waals surface area contributed by atoms with E-state index in [0.29, 0.717) is 23.9 Å². The molecule has 0 rings (SSSR count). The zero-order valence-electron chi connectivity index (χ0n) is 48.6. The predicted molar refractivity (Wildman–Crippen MR) is 316 cm³/mol. The van der Waals surface area contributed by atoms with Gasteiger partial charge in [0.1, 0.15) is 13.2 Å². The number of hydrogen-bond donors (Lipinski definition) is 2. The number of carbonyl (C=O) groups excluding carboxylic acids is 1. The second-order valence-electron chi connectivity index (χ2n) is 22.0. The molecule has 0 aliphatic carbocycles. The Kier molecular flexibility index (Phi) is 53.2. The van der Waals surface area contributed by atoms with E-state index < -0.39 is 20.0 Å². The van der Waals surface area contributed by atoms with Crippen molar-refractivity contribution in [3.63, 3.8) is 0 Å². The summed E-state index contributed by atoms with van der Waals surface area (Å²) in [5.74, 6) is -0.164. The molecule has 0 heterocycles. The number of likely N-dealkylation sites (N-methyl/N-ethyl adjacent to an activating group) is 1. The van der Waals surface area contributed by atoms with Crippen LogP contribution in [0.25, 0.3) is 0 Å². The molecule has 0 aliphatic heterocycles. The maximum absolute atomic E-state index is 12.9. The van der Waals surface area contributed by atoms with Gasteiger partial charge in [0.15, 0.2) is 0 Å². The molecule has 0 aliphatic rings. The summed E-state index contributed by atoms with van der Waals surface area (Å²) in [5.41, 5.74) is 0. The third kappa shape index (κ3) is 57.5. The molecule has 0 aromatic rings. The molecule has 0 saturated heterocycles. The number of nitrogens with zero attached hydrogens (tertiary/aromatic N) is 1. The van der Waals surface area contributed by atoms with Gasteiger partial charge in [-0.3, -0.25) is 9.36 Å². The molecule has 1 amide bonds. The second-order valence-corrected chi connectivity index (χ2v) is 23.4. The number of aliphatic hydroxyl groups is 1. The first-order valence-corrected chi connectivity index (χ1v) is 32.2. The van der Waals surface area contributed by atoms with E-state index in [-0.39, 0.29) is 19.1 Å². The average Bonchev–Trinajstić information content (AvgIpc) is 3.35. The van der Waals surface area contributed by atoms with E-state index in [4.69, 9.17) is 9.05 Å². The average molecular weight is 1040 g/mol. The minimum Gasteiger partial charge on any atom is -0.756 e. The van der Waals surface area contributed by atoms with Crippen molar-refractivity contribution in [2.75, 3.05) is 40.9 Å². The molecule has 0 aromatic heterocycles. The Morgan fingerprint density at radius 1 is 0.493 bits per heavy atom. The number of nitrogens with one attached hydrogen (secondary N) is 1. The van der Waals surface area contributed by atoms with Crippen LogP contribution in [0.4, 0.5) is 0 Å². The lowest BCUT2D eigenvalue weighted by Crippen LogP contribution is -2.46. The quantitative estimate of drug-likeness (QED) is 0.0272. The van der Waals surface area contributed by atoms with Crippen LogP contribution < -0.4 is 10.2 Å². The summed E-state index contributed by atoms with van der Waals surface area (Å²) >= 11 is 0. The zero-order chi connectivity index (χ0) is 53.5. The molecular formula is C64H119N2O6P. The molecule has 9 heteroatoms. The summed E-state index contributed by atoms with van der Waals surface area (Å²) < 4.78 is 23.3. The molecule has 0 radical (unpaired) electrons. The van der Waals surface area contributed by atoms with E-state index in [1.54, 1.807) is 0 Å². The Bertz CT molecular complexity index is 1420. The van der Waals surface area contributed by atoms with Crippen LogP contribution in [0.1, 0.15) is 277 Å². The maximum Gasteiger partial charge on any atom is 0.268 e. The second kappa shape index (κ2) is 54.7. The van der Waals surface area contributed by atoms with Gasteiger partial charge in [-0.1, -0.05) is 279 Å². The summed E-state index contributed by atoms with van der Waals surface area (Å²) in [6, 6.07) is -0.799. The number of allylic oxidation sites excluding steroid dienone is 12. The topological polar surface area (TPSA) is 108 Å². The number of phosphoric acid groups is 1. The molecule has 0 bridgehead atoms. The lowest BCUT2D eigenvalue weighted by molar-refractivity contribution is -0.870. The fraction of sp³-hybridized carbons (Fsp3) is 0.797. The normalized spacial score (nSPS) is 14.3. The molecule has 3 atom stereocenters. The van der Waals surface area contributed by atoms with Crippen LogP contribution in [0.5, 0.6) is 0 Å². The molecule has 0 saturated carbocycles. The van der Waals surface area contributed by atoms with Crippen LogP contribution in [-0.4, -0.2) is 68.5 Å². The summed E-state index contributed by atoms with van der Waals surface area (Å²) in [5, 5.41) is 13.9. The third-order valence-corrected chi connectivity index (χ3v) is 14.7. The first-order chi connectivity index (χ1) is 35.5. The number of unbranched alkanes of at least 4 members (excludes halogenated alkanes) is 31. The summed E-state index contributed by atoms with van der Waals surface area (Å²) in [7, 11) is 1.31. The lowest BCUT2D eigenvalue weighted by atomic mass is 10.0. The SMILES string of the molecule is CC/C=C\C/C=C\C/C=C\C/C=C\C/C=C\C/C=C\CCCCCCCCCCCCCCCCCCCCCCCCC(=O)NC(COP(=O)([O-])OCC[N+](C)(C)C)C(O)CCCCCCCCCCCC. The molecular weight excluding hydrogens is 924 g/mol. The van der Waals surface area contributed by atoms with Gasteiger partial charge >= 0.3 is 0 Å². The van der Waals surface area contributed by atoms with Crippen molar-refractivity contribution in [1.29, 1.82) is 0 Å². The van der Waals surface area contributed by atoms with Crippen LogP contribution in [0.15, 0.2) is 72.9 Å². The van der Waals surface area contributed by atoms with Gasteiger partial charge in [-0.2, -0.15) is 0 Å². The van der Waals surface area contributed by atoms with Crippen LogP contribution in [0.2, 0.25) is 0 Å². The Morgan fingerprint density at radius 2 is 0.836 bits per heavy atom. The standard InChI is InChI=1S/C64H119N2O6P/c1-6-8-10-12-14-16-18-19-20-21-22-23-24-25-26-27-28-29-30-31-32-33-34-35-36-37-38-39-40-41-42-43-44-45-46-47-48-50-52-54-56-58-64(68)65-62(61-72-73(69,70)71-60-59-66(3,4)5)63(67)57-55-53-51-49-17-15-13-11-9-7-2/h8,10,14,16,19-20,22-23,25-26,28-29,62-63,67H,6-7,9,11-13,15,17-18,21,24,27,30-61H2,1-5H3,(H-,65,68,69,70)/b10-8-,16-14-,20-19-,23-22-,26-25-,29-28-. The van der Waals surface area contributed by atoms with Gasteiger partial charge in [0.25, 0.3) is 7.82 Å². The van der Waals surface area contributed by atoms with Crippen molar-refractivity contribution < 1.29 is 32.9 Å². The van der Waals surface area contributed by atoms with Crippen molar-refractivity contribution in [3.8, 4) is 0 Å². The smallest absolute Gasteiger partial charge is 0.268 e. The molecule has 0 aromatic carbocycles. The summed E-state index contributed by atoms with van der Waals surface area (Å²) in [6.45, 7) is 4.60. The number of amides is 1. The summed E-state index contributed by atoms with van der Waals surface area (Å²) in [4.78, 5) is 25.4. The minimum absolute atomic E-state index is 0.0124.